The standard InChI is InChI=1S/C10H8BrClO3/c1-5-7(10(12)14)3-4-8(11)9(5)15-6(2)13/h3-4H,1-2H3. The van der Waals surface area contributed by atoms with Crippen LogP contribution in [0.4, 0.5) is 0 Å². The lowest BCUT2D eigenvalue weighted by Gasteiger charge is -2.09. The van der Waals surface area contributed by atoms with Crippen molar-refractivity contribution in [2.24, 2.45) is 0 Å². The van der Waals surface area contributed by atoms with E-state index < -0.39 is 11.2 Å². The molecule has 0 fully saturated rings. The first-order chi connectivity index (χ1) is 6.93. The normalized spacial score (nSPS) is 9.87. The summed E-state index contributed by atoms with van der Waals surface area (Å²) >= 11 is 8.60. The van der Waals surface area contributed by atoms with E-state index in [1.165, 1.54) is 6.92 Å². The van der Waals surface area contributed by atoms with Crippen LogP contribution in [0.1, 0.15) is 22.8 Å². The number of hydrogen-bond donors (Lipinski definition) is 0. The maximum absolute atomic E-state index is 11.0. The van der Waals surface area contributed by atoms with Crippen LogP contribution in [0.25, 0.3) is 0 Å². The van der Waals surface area contributed by atoms with Crippen molar-refractivity contribution >= 4 is 38.7 Å². The largest absolute Gasteiger partial charge is 0.425 e. The Kier molecular flexibility index (Phi) is 3.88. The lowest BCUT2D eigenvalue weighted by Crippen LogP contribution is -2.05. The molecular formula is C10H8BrClO3. The number of ether oxygens (including phenoxy) is 1. The maximum Gasteiger partial charge on any atom is 0.308 e. The van der Waals surface area contributed by atoms with E-state index in [-0.39, 0.29) is 0 Å². The van der Waals surface area contributed by atoms with E-state index in [1.54, 1.807) is 19.1 Å². The highest BCUT2D eigenvalue weighted by atomic mass is 79.9. The molecule has 15 heavy (non-hydrogen) atoms. The van der Waals surface area contributed by atoms with Gasteiger partial charge in [-0.2, -0.15) is 0 Å². The van der Waals surface area contributed by atoms with Gasteiger partial charge in [0.05, 0.1) is 4.47 Å². The van der Waals surface area contributed by atoms with Gasteiger partial charge in [0.15, 0.2) is 0 Å². The molecule has 0 aromatic heterocycles. The summed E-state index contributed by atoms with van der Waals surface area (Å²) in [5, 5.41) is -0.576. The van der Waals surface area contributed by atoms with Gasteiger partial charge >= 0.3 is 5.97 Å². The summed E-state index contributed by atoms with van der Waals surface area (Å²) in [6, 6.07) is 3.18. The molecule has 0 atom stereocenters. The molecule has 5 heteroatoms. The lowest BCUT2D eigenvalue weighted by atomic mass is 10.1. The third-order valence-electron chi connectivity index (χ3n) is 1.82. The fraction of sp³-hybridized carbons (Fsp3) is 0.200. The Balaban J connectivity index is 3.29. The maximum atomic E-state index is 11.0. The van der Waals surface area contributed by atoms with Crippen LogP contribution in [0.5, 0.6) is 5.75 Å². The van der Waals surface area contributed by atoms with Crippen molar-refractivity contribution in [3.05, 3.63) is 27.7 Å². The smallest absolute Gasteiger partial charge is 0.308 e. The van der Waals surface area contributed by atoms with E-state index in [0.29, 0.717) is 21.3 Å². The van der Waals surface area contributed by atoms with Crippen LogP contribution in [-0.4, -0.2) is 11.2 Å². The van der Waals surface area contributed by atoms with Gasteiger partial charge in [0.25, 0.3) is 5.24 Å². The van der Waals surface area contributed by atoms with Crippen LogP contribution in [0.2, 0.25) is 0 Å². The van der Waals surface area contributed by atoms with Gasteiger partial charge in [-0.05, 0) is 46.6 Å². The quantitative estimate of drug-likeness (QED) is 0.478. The Morgan fingerprint density at radius 3 is 2.47 bits per heavy atom. The minimum atomic E-state index is -0.576. The predicted molar refractivity (Wildman–Crippen MR) is 60.4 cm³/mol. The Labute approximate surface area is 100 Å². The molecule has 0 unspecified atom stereocenters. The van der Waals surface area contributed by atoms with Crippen molar-refractivity contribution in [1.29, 1.82) is 0 Å². The van der Waals surface area contributed by atoms with Crippen molar-refractivity contribution in [3.63, 3.8) is 0 Å². The van der Waals surface area contributed by atoms with E-state index in [0.717, 1.165) is 0 Å². The van der Waals surface area contributed by atoms with Gasteiger partial charge in [-0.3, -0.25) is 9.59 Å². The molecule has 0 spiro atoms. The van der Waals surface area contributed by atoms with Crippen LogP contribution >= 0.6 is 27.5 Å². The molecule has 3 nitrogen and oxygen atoms in total. The zero-order valence-electron chi connectivity index (χ0n) is 8.14. The SMILES string of the molecule is CC(=O)Oc1c(Br)ccc(C(=O)Cl)c1C. The van der Waals surface area contributed by atoms with Gasteiger partial charge in [-0.15, -0.1) is 0 Å². The number of esters is 1. The fourth-order valence-electron chi connectivity index (χ4n) is 1.14. The minimum Gasteiger partial charge on any atom is -0.425 e. The molecular weight excluding hydrogens is 283 g/mol. The summed E-state index contributed by atoms with van der Waals surface area (Å²) in [4.78, 5) is 21.9. The zero-order chi connectivity index (χ0) is 11.6. The third kappa shape index (κ3) is 2.79. The minimum absolute atomic E-state index is 0.328. The Morgan fingerprint density at radius 1 is 1.40 bits per heavy atom. The van der Waals surface area contributed by atoms with Crippen molar-refractivity contribution in [2.75, 3.05) is 0 Å². The van der Waals surface area contributed by atoms with Gasteiger partial charge in [-0.1, -0.05) is 0 Å². The average molecular weight is 292 g/mol. The molecule has 1 rings (SSSR count). The highest BCUT2D eigenvalue weighted by molar-refractivity contribution is 9.10. The number of benzene rings is 1. The highest BCUT2D eigenvalue weighted by Gasteiger charge is 2.14. The second-order valence-electron chi connectivity index (χ2n) is 2.92. The first kappa shape index (κ1) is 12.2. The molecule has 0 bridgehead atoms. The van der Waals surface area contributed by atoms with Gasteiger partial charge < -0.3 is 4.74 Å². The van der Waals surface area contributed by atoms with Gasteiger partial charge in [0.2, 0.25) is 0 Å². The molecule has 0 heterocycles. The first-order valence-corrected chi connectivity index (χ1v) is 5.28. The molecule has 0 saturated heterocycles. The van der Waals surface area contributed by atoms with E-state index in [2.05, 4.69) is 15.9 Å². The predicted octanol–water partition coefficient (Wildman–Crippen LogP) is 3.06. The third-order valence-corrected chi connectivity index (χ3v) is 2.64. The number of carbonyl (C=O) groups excluding carboxylic acids is 2. The van der Waals surface area contributed by atoms with Crippen molar-refractivity contribution in [1.82, 2.24) is 0 Å². The van der Waals surface area contributed by atoms with E-state index in [1.807, 2.05) is 0 Å². The summed E-state index contributed by atoms with van der Waals surface area (Å²) in [5.41, 5.74) is 0.871. The van der Waals surface area contributed by atoms with Gasteiger partial charge in [0, 0.05) is 18.1 Å². The molecule has 0 N–H and O–H groups in total. The lowest BCUT2D eigenvalue weighted by molar-refractivity contribution is -0.131. The van der Waals surface area contributed by atoms with Crippen LogP contribution < -0.4 is 4.74 Å². The number of hydrogen-bond acceptors (Lipinski definition) is 3. The van der Waals surface area contributed by atoms with E-state index in [9.17, 15) is 9.59 Å². The Hall–Kier alpha value is -0.870. The Bertz CT molecular complexity index is 429. The van der Waals surface area contributed by atoms with Crippen LogP contribution in [-0.2, 0) is 4.79 Å². The molecule has 0 aliphatic heterocycles. The number of rotatable bonds is 2. The topological polar surface area (TPSA) is 43.4 Å². The monoisotopic (exact) mass is 290 g/mol. The van der Waals surface area contributed by atoms with Gasteiger partial charge in [-0.25, -0.2) is 0 Å². The number of carbonyl (C=O) groups is 2. The molecule has 0 amide bonds. The summed E-state index contributed by atoms with van der Waals surface area (Å²) in [6.45, 7) is 2.96. The first-order valence-electron chi connectivity index (χ1n) is 4.11. The molecule has 0 radical (unpaired) electrons. The van der Waals surface area contributed by atoms with Crippen LogP contribution in [0.3, 0.4) is 0 Å². The summed E-state index contributed by atoms with van der Waals surface area (Å²) in [7, 11) is 0. The molecule has 0 aliphatic rings. The molecule has 0 aliphatic carbocycles. The van der Waals surface area contributed by atoms with Crippen molar-refractivity contribution in [3.8, 4) is 5.75 Å². The second kappa shape index (κ2) is 4.77. The van der Waals surface area contributed by atoms with Crippen LogP contribution in [0.15, 0.2) is 16.6 Å². The Morgan fingerprint density at radius 2 is 2.00 bits per heavy atom. The highest BCUT2D eigenvalue weighted by Crippen LogP contribution is 2.31. The van der Waals surface area contributed by atoms with E-state index in [4.69, 9.17) is 16.3 Å². The fourth-order valence-corrected chi connectivity index (χ4v) is 1.86. The summed E-state index contributed by atoms with van der Waals surface area (Å²) in [6.07, 6.45) is 0. The van der Waals surface area contributed by atoms with E-state index >= 15 is 0 Å². The summed E-state index contributed by atoms with van der Waals surface area (Å²) in [5.74, 6) is -0.119. The molecule has 0 saturated carbocycles. The van der Waals surface area contributed by atoms with Crippen molar-refractivity contribution < 1.29 is 14.3 Å². The second-order valence-corrected chi connectivity index (χ2v) is 4.11. The molecule has 1 aromatic rings. The summed E-state index contributed by atoms with van der Waals surface area (Å²) < 4.78 is 5.58. The molecule has 80 valence electrons. The van der Waals surface area contributed by atoms with Gasteiger partial charge in [0.1, 0.15) is 5.75 Å². The van der Waals surface area contributed by atoms with Crippen LogP contribution in [0, 0.1) is 6.92 Å². The molecule has 1 aromatic carbocycles. The van der Waals surface area contributed by atoms with Crippen molar-refractivity contribution in [2.45, 2.75) is 13.8 Å². The zero-order valence-corrected chi connectivity index (χ0v) is 10.5. The average Bonchev–Trinajstić information content (AvgIpc) is 2.11. The number of halogens is 2.